The predicted octanol–water partition coefficient (Wildman–Crippen LogP) is 3.85. The predicted molar refractivity (Wildman–Crippen MR) is 67.1 cm³/mol. The third-order valence-corrected chi connectivity index (χ3v) is 3.21. The van der Waals surface area contributed by atoms with Crippen LogP contribution in [0.25, 0.3) is 6.08 Å². The maximum absolute atomic E-state index is 11.6. The lowest BCUT2D eigenvalue weighted by atomic mass is 9.85. The molecule has 0 spiro atoms. The molecule has 1 heteroatoms. The van der Waals surface area contributed by atoms with Gasteiger partial charge in [-0.3, -0.25) is 4.79 Å². The zero-order chi connectivity index (χ0) is 11.2. The molecule has 84 valence electrons. The monoisotopic (exact) mass is 214 g/mol. The van der Waals surface area contributed by atoms with Crippen molar-refractivity contribution in [1.82, 2.24) is 0 Å². The zero-order valence-electron chi connectivity index (χ0n) is 9.56. The van der Waals surface area contributed by atoms with Gasteiger partial charge in [0.15, 0.2) is 0 Å². The summed E-state index contributed by atoms with van der Waals surface area (Å²) < 4.78 is 0. The third kappa shape index (κ3) is 3.06. The number of carbonyl (C=O) groups is 1. The fraction of sp³-hybridized carbons (Fsp3) is 0.400. The molecule has 1 atom stereocenters. The molecule has 0 aromatic heterocycles. The summed E-state index contributed by atoms with van der Waals surface area (Å²) in [6.45, 7) is 0. The minimum absolute atomic E-state index is 0.286. The maximum Gasteiger partial charge on any atom is 0.136 e. The van der Waals surface area contributed by atoms with Crippen LogP contribution in [-0.2, 0) is 4.79 Å². The van der Waals surface area contributed by atoms with Gasteiger partial charge in [0, 0.05) is 12.3 Å². The molecule has 0 amide bonds. The summed E-state index contributed by atoms with van der Waals surface area (Å²) >= 11 is 0. The van der Waals surface area contributed by atoms with Crippen molar-refractivity contribution in [3.63, 3.8) is 0 Å². The lowest BCUT2D eigenvalue weighted by molar-refractivity contribution is -0.124. The number of hydrogen-bond donors (Lipinski definition) is 0. The number of rotatable bonds is 3. The van der Waals surface area contributed by atoms with Crippen LogP contribution in [0.5, 0.6) is 0 Å². The second kappa shape index (κ2) is 5.64. The molecule has 0 saturated heterocycles. The van der Waals surface area contributed by atoms with Gasteiger partial charge in [-0.2, -0.15) is 0 Å². The molecule has 1 aromatic carbocycles. The summed E-state index contributed by atoms with van der Waals surface area (Å²) in [5.74, 6) is 0.748. The fourth-order valence-corrected chi connectivity index (χ4v) is 2.24. The van der Waals surface area contributed by atoms with Crippen LogP contribution in [0.3, 0.4) is 0 Å². The van der Waals surface area contributed by atoms with Crippen molar-refractivity contribution in [3.8, 4) is 0 Å². The van der Waals surface area contributed by atoms with E-state index in [1.165, 1.54) is 12.0 Å². The van der Waals surface area contributed by atoms with E-state index in [0.29, 0.717) is 5.78 Å². The quantitative estimate of drug-likeness (QED) is 0.747. The zero-order valence-corrected chi connectivity index (χ0v) is 9.56. The summed E-state index contributed by atoms with van der Waals surface area (Å²) in [6, 6.07) is 10.2. The lowest BCUT2D eigenvalue weighted by Gasteiger charge is -2.18. The van der Waals surface area contributed by atoms with Crippen molar-refractivity contribution in [2.24, 2.45) is 5.92 Å². The number of benzene rings is 1. The maximum atomic E-state index is 11.6. The van der Waals surface area contributed by atoms with Gasteiger partial charge in [0.2, 0.25) is 0 Å². The van der Waals surface area contributed by atoms with Crippen LogP contribution >= 0.6 is 0 Å². The van der Waals surface area contributed by atoms with E-state index in [1.807, 2.05) is 18.2 Å². The topological polar surface area (TPSA) is 17.1 Å². The van der Waals surface area contributed by atoms with Crippen molar-refractivity contribution in [2.45, 2.75) is 32.1 Å². The first kappa shape index (κ1) is 11.1. The first-order valence-corrected chi connectivity index (χ1v) is 6.10. The average molecular weight is 214 g/mol. The van der Waals surface area contributed by atoms with E-state index in [1.54, 1.807) is 0 Å². The normalized spacial score (nSPS) is 21.5. The van der Waals surface area contributed by atoms with Crippen molar-refractivity contribution < 1.29 is 4.79 Å². The second-order valence-corrected chi connectivity index (χ2v) is 4.46. The Morgan fingerprint density at radius 1 is 1.19 bits per heavy atom. The van der Waals surface area contributed by atoms with Crippen LogP contribution in [0, 0.1) is 5.92 Å². The van der Waals surface area contributed by atoms with Crippen LogP contribution in [0.4, 0.5) is 0 Å². The van der Waals surface area contributed by atoms with Gasteiger partial charge in [0.1, 0.15) is 5.78 Å². The molecule has 0 radical (unpaired) electrons. The Morgan fingerprint density at radius 3 is 2.75 bits per heavy atom. The van der Waals surface area contributed by atoms with Gasteiger partial charge in [-0.1, -0.05) is 48.9 Å². The van der Waals surface area contributed by atoms with Gasteiger partial charge < -0.3 is 0 Å². The van der Waals surface area contributed by atoms with Gasteiger partial charge in [-0.05, 0) is 24.8 Å². The van der Waals surface area contributed by atoms with E-state index < -0.39 is 0 Å². The summed E-state index contributed by atoms with van der Waals surface area (Å²) in [6.07, 6.45) is 9.36. The molecule has 0 bridgehead atoms. The first-order chi connectivity index (χ1) is 7.86. The molecule has 0 heterocycles. The molecule has 1 nitrogen and oxygen atoms in total. The van der Waals surface area contributed by atoms with E-state index in [0.717, 1.165) is 25.7 Å². The van der Waals surface area contributed by atoms with Crippen molar-refractivity contribution in [3.05, 3.63) is 42.0 Å². The summed E-state index contributed by atoms with van der Waals surface area (Å²) in [7, 11) is 0. The van der Waals surface area contributed by atoms with Gasteiger partial charge in [0.25, 0.3) is 0 Å². The molecular weight excluding hydrogens is 196 g/mol. The fourth-order valence-electron chi connectivity index (χ4n) is 2.24. The Kier molecular flexibility index (Phi) is 3.92. The van der Waals surface area contributed by atoms with Crippen LogP contribution in [-0.4, -0.2) is 5.78 Å². The molecule has 0 N–H and O–H groups in total. The molecule has 2 rings (SSSR count). The highest BCUT2D eigenvalue weighted by molar-refractivity contribution is 5.81. The Labute approximate surface area is 97.2 Å². The Morgan fingerprint density at radius 2 is 2.00 bits per heavy atom. The highest BCUT2D eigenvalue weighted by Crippen LogP contribution is 2.23. The number of carbonyl (C=O) groups excluding carboxylic acids is 1. The number of allylic oxidation sites excluding steroid dienone is 1. The lowest BCUT2D eigenvalue weighted by Crippen LogP contribution is -2.17. The molecule has 1 aliphatic rings. The highest BCUT2D eigenvalue weighted by Gasteiger charge is 2.20. The average Bonchev–Trinajstić information content (AvgIpc) is 2.33. The van der Waals surface area contributed by atoms with Crippen LogP contribution in [0.15, 0.2) is 36.4 Å². The van der Waals surface area contributed by atoms with Crippen molar-refractivity contribution in [1.29, 1.82) is 0 Å². The Hall–Kier alpha value is -1.37. The number of ketones is 1. The van der Waals surface area contributed by atoms with Crippen molar-refractivity contribution >= 4 is 11.9 Å². The van der Waals surface area contributed by atoms with E-state index in [9.17, 15) is 4.79 Å². The van der Waals surface area contributed by atoms with Crippen LogP contribution in [0.1, 0.15) is 37.7 Å². The van der Waals surface area contributed by atoms with E-state index in [2.05, 4.69) is 24.3 Å². The SMILES string of the molecule is O=C1CCCCC1C/C=C/c1ccccc1. The molecule has 1 unspecified atom stereocenters. The molecule has 1 aromatic rings. The van der Waals surface area contributed by atoms with E-state index >= 15 is 0 Å². The van der Waals surface area contributed by atoms with E-state index in [-0.39, 0.29) is 5.92 Å². The molecule has 1 aliphatic carbocycles. The number of hydrogen-bond acceptors (Lipinski definition) is 1. The van der Waals surface area contributed by atoms with E-state index in [4.69, 9.17) is 0 Å². The van der Waals surface area contributed by atoms with Gasteiger partial charge in [0.05, 0.1) is 0 Å². The first-order valence-electron chi connectivity index (χ1n) is 6.10. The largest absolute Gasteiger partial charge is 0.299 e. The molecular formula is C15H18O. The van der Waals surface area contributed by atoms with Crippen LogP contribution < -0.4 is 0 Å². The smallest absolute Gasteiger partial charge is 0.136 e. The molecule has 0 aliphatic heterocycles. The molecule has 1 saturated carbocycles. The van der Waals surface area contributed by atoms with Gasteiger partial charge >= 0.3 is 0 Å². The Bertz CT molecular complexity index is 364. The van der Waals surface area contributed by atoms with Gasteiger partial charge in [-0.15, -0.1) is 0 Å². The second-order valence-electron chi connectivity index (χ2n) is 4.46. The molecule has 1 fully saturated rings. The summed E-state index contributed by atoms with van der Waals surface area (Å²) in [5.41, 5.74) is 1.21. The highest BCUT2D eigenvalue weighted by atomic mass is 16.1. The summed E-state index contributed by atoms with van der Waals surface area (Å²) in [4.78, 5) is 11.6. The minimum atomic E-state index is 0.286. The third-order valence-electron chi connectivity index (χ3n) is 3.21. The molecule has 16 heavy (non-hydrogen) atoms. The van der Waals surface area contributed by atoms with Crippen LogP contribution in [0.2, 0.25) is 0 Å². The van der Waals surface area contributed by atoms with Gasteiger partial charge in [-0.25, -0.2) is 0 Å². The Balaban J connectivity index is 1.87. The number of Topliss-reactive ketones (excluding diaryl/α,β-unsaturated/α-hetero) is 1. The summed E-state index contributed by atoms with van der Waals surface area (Å²) in [5, 5.41) is 0. The minimum Gasteiger partial charge on any atom is -0.299 e. The standard InChI is InChI=1S/C15H18O/c16-15-12-5-4-10-14(15)11-6-9-13-7-2-1-3-8-13/h1-3,6-9,14H,4-5,10-12H2/b9-6+. The van der Waals surface area contributed by atoms with Crippen molar-refractivity contribution in [2.75, 3.05) is 0 Å².